The van der Waals surface area contributed by atoms with Crippen molar-refractivity contribution >= 4 is 35.1 Å². The van der Waals surface area contributed by atoms with Crippen LogP contribution < -0.4 is 11.1 Å². The molecular formula is C24H31N7O4. The van der Waals surface area contributed by atoms with Crippen LogP contribution >= 0.6 is 0 Å². The number of nitriles is 1. The van der Waals surface area contributed by atoms with Gasteiger partial charge in [-0.3, -0.25) is 24.8 Å². The highest BCUT2D eigenvalue weighted by Gasteiger charge is 2.33. The first-order valence-electron chi connectivity index (χ1n) is 11.7. The van der Waals surface area contributed by atoms with Crippen LogP contribution in [0.5, 0.6) is 0 Å². The average Bonchev–Trinajstić information content (AvgIpc) is 3.34. The van der Waals surface area contributed by atoms with Crippen LogP contribution in [0.4, 0.5) is 5.69 Å². The maximum atomic E-state index is 13.4. The van der Waals surface area contributed by atoms with Gasteiger partial charge in [0.05, 0.1) is 19.7 Å². The molecule has 3 rings (SSSR count). The van der Waals surface area contributed by atoms with Crippen molar-refractivity contribution in [2.75, 3.05) is 38.6 Å². The summed E-state index contributed by atoms with van der Waals surface area (Å²) >= 11 is 0. The number of hydrogen-bond acceptors (Lipinski definition) is 7. The van der Waals surface area contributed by atoms with E-state index in [-0.39, 0.29) is 30.0 Å². The number of nitrogens with two attached hydrogens (primary N) is 1. The third kappa shape index (κ3) is 6.56. The Morgan fingerprint density at radius 3 is 2.66 bits per heavy atom. The van der Waals surface area contributed by atoms with Crippen LogP contribution in [0.1, 0.15) is 37.7 Å². The maximum absolute atomic E-state index is 13.4. The lowest BCUT2D eigenvalue weighted by Crippen LogP contribution is -2.45. The standard InChI is InChI=1S/C24H31N7O4/c1-35-24(34)18(14-25)22(28-17-8-6-7-16(13-17)21(26)27)29-19-9-2-3-12-31(23(19)33)15-20(32)30-10-4-5-11-30/h6-8,13,18-19H,2-5,9-12,15H2,1H3,(H3,26,27)(H,28,29)/t18?,19-/m0/s1. The summed E-state index contributed by atoms with van der Waals surface area (Å²) in [6, 6.07) is 7.60. The summed E-state index contributed by atoms with van der Waals surface area (Å²) in [6.45, 7) is 1.86. The van der Waals surface area contributed by atoms with Crippen LogP contribution in [0.15, 0.2) is 29.3 Å². The van der Waals surface area contributed by atoms with Crippen molar-refractivity contribution in [1.29, 1.82) is 10.7 Å². The van der Waals surface area contributed by atoms with E-state index in [0.717, 1.165) is 19.3 Å². The van der Waals surface area contributed by atoms with Crippen molar-refractivity contribution in [3.8, 4) is 6.07 Å². The Kier molecular flexibility index (Phi) is 8.78. The minimum absolute atomic E-state index is 0.00699. The van der Waals surface area contributed by atoms with E-state index in [9.17, 15) is 19.6 Å². The van der Waals surface area contributed by atoms with Gasteiger partial charge in [-0.2, -0.15) is 5.26 Å². The Morgan fingerprint density at radius 1 is 1.29 bits per heavy atom. The van der Waals surface area contributed by atoms with E-state index in [1.165, 1.54) is 12.0 Å². The molecule has 0 aromatic heterocycles. The lowest BCUT2D eigenvalue weighted by atomic mass is 10.1. The number of amides is 2. The smallest absolute Gasteiger partial charge is 0.330 e. The number of nitrogens with zero attached hydrogens (tertiary/aromatic N) is 4. The van der Waals surface area contributed by atoms with E-state index in [2.05, 4.69) is 10.3 Å². The minimum Gasteiger partial charge on any atom is -0.468 e. The predicted octanol–water partition coefficient (Wildman–Crippen LogP) is 1.10. The third-order valence-corrected chi connectivity index (χ3v) is 6.12. The summed E-state index contributed by atoms with van der Waals surface area (Å²) in [4.78, 5) is 46.2. The molecule has 0 spiro atoms. The maximum Gasteiger partial charge on any atom is 0.330 e. The fraction of sp³-hybridized carbons (Fsp3) is 0.500. The SMILES string of the molecule is COC(=O)C(C#N)C(=N[C@H]1CCCCN(CC(=O)N2CCCC2)C1=O)Nc1cccc(C(=N)N)c1. The summed E-state index contributed by atoms with van der Waals surface area (Å²) in [5.41, 5.74) is 6.46. The monoisotopic (exact) mass is 481 g/mol. The molecule has 2 aliphatic rings. The molecular weight excluding hydrogens is 450 g/mol. The van der Waals surface area contributed by atoms with Gasteiger partial charge in [-0.25, -0.2) is 0 Å². The van der Waals surface area contributed by atoms with Gasteiger partial charge in [0.2, 0.25) is 17.7 Å². The van der Waals surface area contributed by atoms with Crippen molar-refractivity contribution in [3.05, 3.63) is 29.8 Å². The number of aliphatic imine (C=N–C) groups is 1. The predicted molar refractivity (Wildman–Crippen MR) is 130 cm³/mol. The van der Waals surface area contributed by atoms with Crippen LogP contribution in [0, 0.1) is 22.7 Å². The summed E-state index contributed by atoms with van der Waals surface area (Å²) < 4.78 is 4.77. The zero-order valence-corrected chi connectivity index (χ0v) is 19.8. The van der Waals surface area contributed by atoms with E-state index in [0.29, 0.717) is 43.7 Å². The van der Waals surface area contributed by atoms with E-state index < -0.39 is 17.9 Å². The van der Waals surface area contributed by atoms with Crippen molar-refractivity contribution in [3.63, 3.8) is 0 Å². The first-order valence-corrected chi connectivity index (χ1v) is 11.7. The minimum atomic E-state index is -1.39. The number of nitrogens with one attached hydrogen (secondary N) is 2. The lowest BCUT2D eigenvalue weighted by molar-refractivity contribution is -0.141. The van der Waals surface area contributed by atoms with Crippen LogP contribution in [0.25, 0.3) is 0 Å². The van der Waals surface area contributed by atoms with Crippen LogP contribution in [-0.4, -0.2) is 78.6 Å². The third-order valence-electron chi connectivity index (χ3n) is 6.12. The van der Waals surface area contributed by atoms with E-state index in [4.69, 9.17) is 15.9 Å². The number of esters is 1. The summed E-state index contributed by atoms with van der Waals surface area (Å²) in [5.74, 6) is -2.78. The molecule has 2 saturated heterocycles. The number of amidine groups is 2. The molecule has 2 amide bonds. The van der Waals surface area contributed by atoms with Gasteiger partial charge >= 0.3 is 5.97 Å². The van der Waals surface area contributed by atoms with Gasteiger partial charge in [0, 0.05) is 30.9 Å². The van der Waals surface area contributed by atoms with Crippen molar-refractivity contribution < 1.29 is 19.1 Å². The van der Waals surface area contributed by atoms with Gasteiger partial charge in [0.1, 0.15) is 17.7 Å². The number of rotatable bonds is 7. The van der Waals surface area contributed by atoms with Crippen molar-refractivity contribution in [2.45, 2.75) is 38.1 Å². The number of carbonyl (C=O) groups excluding carboxylic acids is 3. The van der Waals surface area contributed by atoms with E-state index in [1.807, 2.05) is 6.07 Å². The summed E-state index contributed by atoms with van der Waals surface area (Å²) in [6.07, 6.45) is 3.79. The first kappa shape index (κ1) is 25.7. The molecule has 1 unspecified atom stereocenters. The van der Waals surface area contributed by atoms with Crippen LogP contribution in [0.2, 0.25) is 0 Å². The van der Waals surface area contributed by atoms with Gasteiger partial charge in [0.15, 0.2) is 0 Å². The molecule has 35 heavy (non-hydrogen) atoms. The molecule has 0 saturated carbocycles. The molecule has 11 nitrogen and oxygen atoms in total. The molecule has 0 radical (unpaired) electrons. The molecule has 11 heteroatoms. The molecule has 2 fully saturated rings. The van der Waals surface area contributed by atoms with Gasteiger partial charge in [-0.1, -0.05) is 12.1 Å². The summed E-state index contributed by atoms with van der Waals surface area (Å²) in [7, 11) is 1.17. The van der Waals surface area contributed by atoms with Gasteiger partial charge in [-0.05, 0) is 44.2 Å². The Morgan fingerprint density at radius 2 is 2.00 bits per heavy atom. The molecule has 1 aromatic carbocycles. The number of carbonyl (C=O) groups is 3. The second-order valence-corrected chi connectivity index (χ2v) is 8.58. The largest absolute Gasteiger partial charge is 0.468 e. The molecule has 0 aliphatic carbocycles. The lowest BCUT2D eigenvalue weighted by Gasteiger charge is -2.25. The zero-order valence-electron chi connectivity index (χ0n) is 19.8. The Hall–Kier alpha value is -3.94. The number of anilines is 1. The average molecular weight is 482 g/mol. The first-order chi connectivity index (χ1) is 16.8. The topological polar surface area (TPSA) is 165 Å². The molecule has 186 valence electrons. The zero-order chi connectivity index (χ0) is 25.4. The molecule has 2 atom stereocenters. The number of ether oxygens (including phenoxy) is 1. The number of nitrogen functional groups attached to an aromatic ring is 1. The fourth-order valence-electron chi connectivity index (χ4n) is 4.19. The van der Waals surface area contributed by atoms with Crippen LogP contribution in [-0.2, 0) is 19.1 Å². The van der Waals surface area contributed by atoms with Crippen LogP contribution in [0.3, 0.4) is 0 Å². The molecule has 2 aliphatic heterocycles. The van der Waals surface area contributed by atoms with Crippen molar-refractivity contribution in [2.24, 2.45) is 16.6 Å². The molecule has 1 aromatic rings. The number of hydrogen-bond donors (Lipinski definition) is 3. The second kappa shape index (κ2) is 12.0. The Labute approximate surface area is 204 Å². The van der Waals surface area contributed by atoms with Gasteiger partial charge < -0.3 is 25.6 Å². The van der Waals surface area contributed by atoms with Gasteiger partial charge in [0.25, 0.3) is 0 Å². The number of methoxy groups -OCH3 is 1. The van der Waals surface area contributed by atoms with Crippen molar-refractivity contribution in [1.82, 2.24) is 9.80 Å². The van der Waals surface area contributed by atoms with Gasteiger partial charge in [-0.15, -0.1) is 0 Å². The highest BCUT2D eigenvalue weighted by molar-refractivity contribution is 6.11. The number of benzene rings is 1. The molecule has 4 N–H and O–H groups in total. The highest BCUT2D eigenvalue weighted by Crippen LogP contribution is 2.19. The fourth-order valence-corrected chi connectivity index (χ4v) is 4.19. The quantitative estimate of drug-likeness (QED) is 0.298. The highest BCUT2D eigenvalue weighted by atomic mass is 16.5. The molecule has 0 bridgehead atoms. The Bertz CT molecular complexity index is 1040. The normalized spacial score (nSPS) is 19.5. The Balaban J connectivity index is 1.89. The van der Waals surface area contributed by atoms with E-state index in [1.54, 1.807) is 29.2 Å². The molecule has 2 heterocycles. The summed E-state index contributed by atoms with van der Waals surface area (Å²) in [5, 5.41) is 20.3. The second-order valence-electron chi connectivity index (χ2n) is 8.58. The number of likely N-dealkylation sites (tertiary alicyclic amines) is 2. The van der Waals surface area contributed by atoms with E-state index >= 15 is 0 Å².